The van der Waals surface area contributed by atoms with Gasteiger partial charge < -0.3 is 20.1 Å². The summed E-state index contributed by atoms with van der Waals surface area (Å²) >= 11 is 5.92. The first-order valence-electron chi connectivity index (χ1n) is 8.78. The van der Waals surface area contributed by atoms with E-state index in [4.69, 9.17) is 21.1 Å². The smallest absolute Gasteiger partial charge is 0.342 e. The van der Waals surface area contributed by atoms with Gasteiger partial charge in [0.1, 0.15) is 17.1 Å². The van der Waals surface area contributed by atoms with Crippen molar-refractivity contribution in [2.75, 3.05) is 17.2 Å². The lowest BCUT2D eigenvalue weighted by molar-refractivity contribution is 0.0523. The number of nitrogens with zero attached hydrogens (tertiary/aromatic N) is 1. The number of amides is 2. The lowest BCUT2D eigenvalue weighted by atomic mass is 10.1. The van der Waals surface area contributed by atoms with E-state index in [1.165, 1.54) is 18.5 Å². The predicted molar refractivity (Wildman–Crippen MR) is 111 cm³/mol. The number of para-hydroxylation sites is 1. The van der Waals surface area contributed by atoms with Gasteiger partial charge in [-0.2, -0.15) is 0 Å². The van der Waals surface area contributed by atoms with Crippen LogP contribution in [0, 0.1) is 0 Å². The zero-order chi connectivity index (χ0) is 20.6. The summed E-state index contributed by atoms with van der Waals surface area (Å²) < 4.78 is 10.8. The number of benzene rings is 2. The molecular weight excluding hydrogens is 394 g/mol. The number of nitrogens with one attached hydrogen (secondary N) is 2. The Morgan fingerprint density at radius 2 is 1.76 bits per heavy atom. The highest BCUT2D eigenvalue weighted by molar-refractivity contribution is 6.30. The molecule has 1 aromatic heterocycles. The number of esters is 1. The number of halogens is 1. The lowest BCUT2D eigenvalue weighted by Crippen LogP contribution is -2.19. The van der Waals surface area contributed by atoms with E-state index in [2.05, 4.69) is 15.6 Å². The molecule has 0 aliphatic heterocycles. The third-order valence-corrected chi connectivity index (χ3v) is 3.88. The summed E-state index contributed by atoms with van der Waals surface area (Å²) in [6.45, 7) is 1.90. The molecule has 0 saturated carbocycles. The van der Waals surface area contributed by atoms with Crippen LogP contribution >= 0.6 is 11.6 Å². The molecule has 0 bridgehead atoms. The molecule has 148 valence electrons. The number of carbonyl (C=O) groups is 2. The molecule has 0 atom stereocenters. The largest absolute Gasteiger partial charge is 0.462 e. The summed E-state index contributed by atoms with van der Waals surface area (Å²) in [7, 11) is 0. The summed E-state index contributed by atoms with van der Waals surface area (Å²) in [4.78, 5) is 28.5. The fraction of sp³-hybridized carbons (Fsp3) is 0.0952. The first-order valence-corrected chi connectivity index (χ1v) is 9.15. The molecule has 2 aromatic carbocycles. The van der Waals surface area contributed by atoms with E-state index in [1.54, 1.807) is 37.3 Å². The third-order valence-electron chi connectivity index (χ3n) is 3.67. The van der Waals surface area contributed by atoms with Crippen LogP contribution < -0.4 is 15.4 Å². The fourth-order valence-corrected chi connectivity index (χ4v) is 2.62. The topological polar surface area (TPSA) is 89.5 Å². The maximum Gasteiger partial charge on any atom is 0.342 e. The fourth-order valence-electron chi connectivity index (χ4n) is 2.46. The molecule has 29 heavy (non-hydrogen) atoms. The van der Waals surface area contributed by atoms with Gasteiger partial charge in [-0.1, -0.05) is 29.8 Å². The standard InChI is InChI=1S/C21H18ClN3O4/c1-2-28-20(26)18-11-16(25-21(27)24-15-6-4-3-5-7-15)8-9-19(18)29-17-10-14(22)12-23-13-17/h3-13H,2H2,1H3,(H2,24,25,27). The molecule has 0 aliphatic rings. The number of rotatable bonds is 6. The van der Waals surface area contributed by atoms with Crippen LogP contribution in [0.15, 0.2) is 67.0 Å². The van der Waals surface area contributed by atoms with Crippen molar-refractivity contribution in [1.29, 1.82) is 0 Å². The first-order chi connectivity index (χ1) is 14.0. The summed E-state index contributed by atoms with van der Waals surface area (Å²) in [6, 6.07) is 14.8. The van der Waals surface area contributed by atoms with Crippen molar-refractivity contribution in [1.82, 2.24) is 4.98 Å². The van der Waals surface area contributed by atoms with Crippen molar-refractivity contribution in [3.63, 3.8) is 0 Å². The highest BCUT2D eigenvalue weighted by atomic mass is 35.5. The summed E-state index contributed by atoms with van der Waals surface area (Å²) in [6.07, 6.45) is 2.94. The minimum atomic E-state index is -0.579. The van der Waals surface area contributed by atoms with E-state index in [-0.39, 0.29) is 17.9 Å². The van der Waals surface area contributed by atoms with Crippen molar-refractivity contribution >= 4 is 35.0 Å². The van der Waals surface area contributed by atoms with Gasteiger partial charge in [-0.05, 0) is 37.3 Å². The zero-order valence-electron chi connectivity index (χ0n) is 15.5. The van der Waals surface area contributed by atoms with Gasteiger partial charge in [-0.25, -0.2) is 9.59 Å². The zero-order valence-corrected chi connectivity index (χ0v) is 16.3. The number of ether oxygens (including phenoxy) is 2. The number of aromatic nitrogens is 1. The Morgan fingerprint density at radius 3 is 2.48 bits per heavy atom. The second kappa shape index (κ2) is 9.57. The average Bonchev–Trinajstić information content (AvgIpc) is 2.70. The average molecular weight is 412 g/mol. The van der Waals surface area contributed by atoms with Crippen LogP contribution in [0.4, 0.5) is 16.2 Å². The molecule has 2 N–H and O–H groups in total. The minimum absolute atomic E-state index is 0.157. The van der Waals surface area contributed by atoms with Crippen molar-refractivity contribution in [3.8, 4) is 11.5 Å². The van der Waals surface area contributed by atoms with Crippen molar-refractivity contribution in [3.05, 3.63) is 77.6 Å². The Bertz CT molecular complexity index is 1010. The molecule has 0 spiro atoms. The lowest BCUT2D eigenvalue weighted by Gasteiger charge is -2.13. The number of hydrogen-bond acceptors (Lipinski definition) is 5. The van der Waals surface area contributed by atoms with E-state index in [9.17, 15) is 9.59 Å². The second-order valence-corrected chi connectivity index (χ2v) is 6.25. The highest BCUT2D eigenvalue weighted by Gasteiger charge is 2.17. The van der Waals surface area contributed by atoms with Gasteiger partial charge in [0.25, 0.3) is 0 Å². The van der Waals surface area contributed by atoms with Crippen LogP contribution in [0.2, 0.25) is 5.02 Å². The Morgan fingerprint density at radius 1 is 1.00 bits per heavy atom. The maximum absolute atomic E-state index is 12.4. The van der Waals surface area contributed by atoms with Crippen molar-refractivity contribution in [2.45, 2.75) is 6.92 Å². The van der Waals surface area contributed by atoms with Crippen LogP contribution in [-0.4, -0.2) is 23.6 Å². The van der Waals surface area contributed by atoms with Crippen LogP contribution in [0.1, 0.15) is 17.3 Å². The molecule has 0 saturated heterocycles. The van der Waals surface area contributed by atoms with E-state index >= 15 is 0 Å². The second-order valence-electron chi connectivity index (χ2n) is 5.82. The molecular formula is C21H18ClN3O4. The Labute approximate surface area is 172 Å². The number of carbonyl (C=O) groups excluding carboxylic acids is 2. The van der Waals surface area contributed by atoms with Crippen molar-refractivity contribution in [2.24, 2.45) is 0 Å². The van der Waals surface area contributed by atoms with Gasteiger partial charge in [-0.3, -0.25) is 4.98 Å². The SMILES string of the molecule is CCOC(=O)c1cc(NC(=O)Nc2ccccc2)ccc1Oc1cncc(Cl)c1. The molecule has 2 amide bonds. The predicted octanol–water partition coefficient (Wildman–Crippen LogP) is 5.35. The summed E-state index contributed by atoms with van der Waals surface area (Å²) in [5.41, 5.74) is 1.20. The Balaban J connectivity index is 1.81. The monoisotopic (exact) mass is 411 g/mol. The number of pyridine rings is 1. The van der Waals surface area contributed by atoms with E-state index in [1.807, 2.05) is 18.2 Å². The highest BCUT2D eigenvalue weighted by Crippen LogP contribution is 2.29. The first kappa shape index (κ1) is 20.2. The third kappa shape index (κ3) is 5.70. The molecule has 3 rings (SSSR count). The Hall–Kier alpha value is -3.58. The van der Waals surface area contributed by atoms with E-state index in [0.29, 0.717) is 22.1 Å². The molecule has 0 radical (unpaired) electrons. The van der Waals surface area contributed by atoms with Crippen LogP contribution in [-0.2, 0) is 4.74 Å². The van der Waals surface area contributed by atoms with Crippen LogP contribution in [0.5, 0.6) is 11.5 Å². The quantitative estimate of drug-likeness (QED) is 0.534. The Kier molecular flexibility index (Phi) is 6.65. The summed E-state index contributed by atoms with van der Waals surface area (Å²) in [5, 5.41) is 5.78. The van der Waals surface area contributed by atoms with Crippen LogP contribution in [0.3, 0.4) is 0 Å². The van der Waals surface area contributed by atoms with Gasteiger partial charge in [-0.15, -0.1) is 0 Å². The molecule has 0 unspecified atom stereocenters. The van der Waals surface area contributed by atoms with Gasteiger partial charge in [0.2, 0.25) is 0 Å². The molecule has 0 fully saturated rings. The molecule has 1 heterocycles. The van der Waals surface area contributed by atoms with Gasteiger partial charge >= 0.3 is 12.0 Å². The van der Waals surface area contributed by atoms with Gasteiger partial charge in [0.05, 0.1) is 17.8 Å². The molecule has 0 aliphatic carbocycles. The molecule has 7 nitrogen and oxygen atoms in total. The minimum Gasteiger partial charge on any atom is -0.462 e. The number of anilines is 2. The molecule has 3 aromatic rings. The van der Waals surface area contributed by atoms with Gasteiger partial charge in [0, 0.05) is 23.6 Å². The molecule has 8 heteroatoms. The van der Waals surface area contributed by atoms with Crippen LogP contribution in [0.25, 0.3) is 0 Å². The van der Waals surface area contributed by atoms with E-state index < -0.39 is 12.0 Å². The van der Waals surface area contributed by atoms with E-state index in [0.717, 1.165) is 0 Å². The summed E-state index contributed by atoms with van der Waals surface area (Å²) in [5.74, 6) is 0.0386. The normalized spacial score (nSPS) is 10.1. The van der Waals surface area contributed by atoms with Gasteiger partial charge in [0.15, 0.2) is 0 Å². The number of hydrogen-bond donors (Lipinski definition) is 2. The maximum atomic E-state index is 12.4. The van der Waals surface area contributed by atoms with Crippen molar-refractivity contribution < 1.29 is 19.1 Å². The number of urea groups is 1.